The first-order valence-corrected chi connectivity index (χ1v) is 6.50. The number of nitrogens with zero attached hydrogens (tertiary/aromatic N) is 3. The van der Waals surface area contributed by atoms with Crippen LogP contribution in [0.25, 0.3) is 5.69 Å². The van der Waals surface area contributed by atoms with Gasteiger partial charge >= 0.3 is 0 Å². The molecular formula is C14H15FN4O. The standard InChI is InChI=1S/C14H15FN4O/c15-11-3-1-2-4-13(11)19-8-6-12(17-19)14(20)18-7-5-10(16)9-18/h1-4,6,8,10H,5,7,9,16H2. The predicted octanol–water partition coefficient (Wildman–Crippen LogP) is 1.18. The van der Waals surface area contributed by atoms with Crippen molar-refractivity contribution in [2.45, 2.75) is 12.5 Å². The molecule has 20 heavy (non-hydrogen) atoms. The third kappa shape index (κ3) is 2.30. The van der Waals surface area contributed by atoms with Crippen LogP contribution in [0, 0.1) is 5.82 Å². The fraction of sp³-hybridized carbons (Fsp3) is 0.286. The minimum Gasteiger partial charge on any atom is -0.336 e. The predicted molar refractivity (Wildman–Crippen MR) is 72.0 cm³/mol. The lowest BCUT2D eigenvalue weighted by Gasteiger charge is -2.13. The number of hydrogen-bond donors (Lipinski definition) is 1. The molecule has 2 heterocycles. The largest absolute Gasteiger partial charge is 0.336 e. The summed E-state index contributed by atoms with van der Waals surface area (Å²) in [4.78, 5) is 13.9. The zero-order chi connectivity index (χ0) is 14.1. The van der Waals surface area contributed by atoms with Crippen LogP contribution in [-0.4, -0.2) is 39.7 Å². The Morgan fingerprint density at radius 3 is 2.85 bits per heavy atom. The molecule has 1 aromatic heterocycles. The van der Waals surface area contributed by atoms with E-state index in [-0.39, 0.29) is 17.8 Å². The molecule has 2 aromatic rings. The zero-order valence-corrected chi connectivity index (χ0v) is 10.9. The van der Waals surface area contributed by atoms with Crippen LogP contribution < -0.4 is 5.73 Å². The monoisotopic (exact) mass is 274 g/mol. The molecule has 1 aliphatic heterocycles. The first-order chi connectivity index (χ1) is 9.65. The Bertz CT molecular complexity index is 640. The number of benzene rings is 1. The molecule has 6 heteroatoms. The van der Waals surface area contributed by atoms with Gasteiger partial charge in [0.15, 0.2) is 5.69 Å². The van der Waals surface area contributed by atoms with Gasteiger partial charge in [0, 0.05) is 25.3 Å². The Labute approximate surface area is 115 Å². The van der Waals surface area contributed by atoms with E-state index in [1.165, 1.54) is 10.7 Å². The summed E-state index contributed by atoms with van der Waals surface area (Å²) < 4.78 is 15.0. The van der Waals surface area contributed by atoms with Crippen LogP contribution >= 0.6 is 0 Å². The molecule has 0 aliphatic carbocycles. The molecule has 1 amide bonds. The van der Waals surface area contributed by atoms with Gasteiger partial charge in [0.2, 0.25) is 0 Å². The van der Waals surface area contributed by atoms with Crippen LogP contribution in [0.3, 0.4) is 0 Å². The van der Waals surface area contributed by atoms with Crippen molar-refractivity contribution in [1.82, 2.24) is 14.7 Å². The van der Waals surface area contributed by atoms with Gasteiger partial charge in [-0.3, -0.25) is 4.79 Å². The highest BCUT2D eigenvalue weighted by atomic mass is 19.1. The molecule has 104 valence electrons. The van der Waals surface area contributed by atoms with Gasteiger partial charge in [0.05, 0.1) is 0 Å². The van der Waals surface area contributed by atoms with Gasteiger partial charge in [-0.2, -0.15) is 5.10 Å². The first kappa shape index (κ1) is 12.8. The fourth-order valence-electron chi connectivity index (χ4n) is 2.34. The van der Waals surface area contributed by atoms with Crippen molar-refractivity contribution < 1.29 is 9.18 Å². The van der Waals surface area contributed by atoms with Crippen LogP contribution in [0.5, 0.6) is 0 Å². The minimum absolute atomic E-state index is 0.0348. The van der Waals surface area contributed by atoms with Crippen LogP contribution in [0.1, 0.15) is 16.9 Å². The Kier molecular flexibility index (Phi) is 3.23. The van der Waals surface area contributed by atoms with E-state index >= 15 is 0 Å². The number of nitrogens with two attached hydrogens (primary N) is 1. The van der Waals surface area contributed by atoms with Gasteiger partial charge in [-0.1, -0.05) is 12.1 Å². The molecule has 1 aliphatic rings. The van der Waals surface area contributed by atoms with E-state index in [0.29, 0.717) is 24.5 Å². The van der Waals surface area contributed by atoms with E-state index in [1.807, 2.05) is 0 Å². The highest BCUT2D eigenvalue weighted by Crippen LogP contribution is 2.15. The van der Waals surface area contributed by atoms with Gasteiger partial charge < -0.3 is 10.6 Å². The van der Waals surface area contributed by atoms with Crippen LogP contribution in [0.15, 0.2) is 36.5 Å². The second-order valence-electron chi connectivity index (χ2n) is 4.90. The third-order valence-electron chi connectivity index (χ3n) is 3.42. The minimum atomic E-state index is -0.377. The number of hydrogen-bond acceptors (Lipinski definition) is 3. The van der Waals surface area contributed by atoms with Crippen LogP contribution in [0.4, 0.5) is 4.39 Å². The summed E-state index contributed by atoms with van der Waals surface area (Å²) in [5.41, 5.74) is 6.42. The Hall–Kier alpha value is -2.21. The third-order valence-corrected chi connectivity index (χ3v) is 3.42. The molecule has 0 bridgehead atoms. The Morgan fingerprint density at radius 2 is 2.15 bits per heavy atom. The summed E-state index contributed by atoms with van der Waals surface area (Å²) in [5.74, 6) is -0.536. The summed E-state index contributed by atoms with van der Waals surface area (Å²) >= 11 is 0. The number of aromatic nitrogens is 2. The highest BCUT2D eigenvalue weighted by Gasteiger charge is 2.26. The maximum atomic E-state index is 13.7. The lowest BCUT2D eigenvalue weighted by molar-refractivity contribution is 0.0784. The first-order valence-electron chi connectivity index (χ1n) is 6.50. The molecule has 1 aromatic carbocycles. The zero-order valence-electron chi connectivity index (χ0n) is 10.9. The number of carbonyl (C=O) groups is 1. The number of para-hydroxylation sites is 1. The maximum Gasteiger partial charge on any atom is 0.274 e. The van der Waals surface area contributed by atoms with E-state index in [1.54, 1.807) is 35.4 Å². The molecule has 1 fully saturated rings. The van der Waals surface area contributed by atoms with E-state index in [2.05, 4.69) is 5.10 Å². The van der Waals surface area contributed by atoms with Crippen LogP contribution in [-0.2, 0) is 0 Å². The van der Waals surface area contributed by atoms with E-state index in [9.17, 15) is 9.18 Å². The van der Waals surface area contributed by atoms with Crippen molar-refractivity contribution in [3.05, 3.63) is 48.0 Å². The second-order valence-corrected chi connectivity index (χ2v) is 4.90. The molecule has 3 rings (SSSR count). The molecule has 2 N–H and O–H groups in total. The molecule has 1 unspecified atom stereocenters. The summed E-state index contributed by atoms with van der Waals surface area (Å²) in [6.07, 6.45) is 2.39. The lowest BCUT2D eigenvalue weighted by atomic mass is 10.3. The number of rotatable bonds is 2. The van der Waals surface area contributed by atoms with Gasteiger partial charge in [-0.05, 0) is 24.6 Å². The maximum absolute atomic E-state index is 13.7. The topological polar surface area (TPSA) is 64.2 Å². The van der Waals surface area contributed by atoms with E-state index < -0.39 is 0 Å². The average Bonchev–Trinajstić information content (AvgIpc) is 3.07. The number of likely N-dealkylation sites (tertiary alicyclic amines) is 1. The molecule has 5 nitrogen and oxygen atoms in total. The Balaban J connectivity index is 1.84. The molecule has 0 radical (unpaired) electrons. The van der Waals surface area contributed by atoms with E-state index in [4.69, 9.17) is 5.73 Å². The summed E-state index contributed by atoms with van der Waals surface area (Å²) in [6.45, 7) is 1.19. The molecule has 0 spiro atoms. The van der Waals surface area contributed by atoms with Crippen molar-refractivity contribution in [3.8, 4) is 5.69 Å². The average molecular weight is 274 g/mol. The van der Waals surface area contributed by atoms with Crippen molar-refractivity contribution in [3.63, 3.8) is 0 Å². The highest BCUT2D eigenvalue weighted by molar-refractivity contribution is 5.92. The van der Waals surface area contributed by atoms with Gasteiger partial charge in [0.25, 0.3) is 5.91 Å². The summed E-state index contributed by atoms with van der Waals surface area (Å²) in [7, 11) is 0. The molecular weight excluding hydrogens is 259 g/mol. The van der Waals surface area contributed by atoms with Gasteiger partial charge in [-0.25, -0.2) is 9.07 Å². The summed E-state index contributed by atoms with van der Waals surface area (Å²) in [6, 6.07) is 7.94. The van der Waals surface area contributed by atoms with E-state index in [0.717, 1.165) is 6.42 Å². The van der Waals surface area contributed by atoms with Gasteiger partial charge in [-0.15, -0.1) is 0 Å². The number of amides is 1. The van der Waals surface area contributed by atoms with Crippen molar-refractivity contribution in [2.75, 3.05) is 13.1 Å². The fourth-order valence-corrected chi connectivity index (χ4v) is 2.34. The quantitative estimate of drug-likeness (QED) is 0.894. The normalized spacial score (nSPS) is 18.5. The van der Waals surface area contributed by atoms with Crippen molar-refractivity contribution in [2.24, 2.45) is 5.73 Å². The molecule has 1 atom stereocenters. The molecule has 0 saturated carbocycles. The molecule has 1 saturated heterocycles. The van der Waals surface area contributed by atoms with Crippen LogP contribution in [0.2, 0.25) is 0 Å². The number of carbonyl (C=O) groups excluding carboxylic acids is 1. The number of halogens is 1. The summed E-state index contributed by atoms with van der Waals surface area (Å²) in [5, 5.41) is 4.16. The second kappa shape index (κ2) is 5.05. The van der Waals surface area contributed by atoms with Crippen molar-refractivity contribution in [1.29, 1.82) is 0 Å². The van der Waals surface area contributed by atoms with Gasteiger partial charge in [0.1, 0.15) is 11.5 Å². The van der Waals surface area contributed by atoms with Crippen molar-refractivity contribution >= 4 is 5.91 Å². The SMILES string of the molecule is NC1CCN(C(=O)c2ccn(-c3ccccc3F)n2)C1. The smallest absolute Gasteiger partial charge is 0.274 e. The Morgan fingerprint density at radius 1 is 1.35 bits per heavy atom. The lowest BCUT2D eigenvalue weighted by Crippen LogP contribution is -2.32.